The molecule has 0 saturated carbocycles. The number of aryl methyl sites for hydroxylation is 17. The Kier molecular flexibility index (Phi) is 23.0. The molecule has 0 fully saturated rings. The van der Waals surface area contributed by atoms with E-state index < -0.39 is 0 Å². The van der Waals surface area contributed by atoms with Gasteiger partial charge in [0.15, 0.2) is 0 Å². The highest BCUT2D eigenvalue weighted by Crippen LogP contribution is 2.37. The first-order valence-corrected chi connectivity index (χ1v) is 44.9. The summed E-state index contributed by atoms with van der Waals surface area (Å²) in [6.07, 6.45) is 20.0. The zero-order valence-electron chi connectivity index (χ0n) is 74.7. The van der Waals surface area contributed by atoms with E-state index in [-0.39, 0.29) is 0 Å². The lowest BCUT2D eigenvalue weighted by atomic mass is 10.0. The fraction of sp³-hybridized carbons (Fsp3) is 0.188. The second-order valence-electron chi connectivity index (χ2n) is 34.3. The van der Waals surface area contributed by atoms with E-state index in [9.17, 15) is 0 Å². The van der Waals surface area contributed by atoms with Crippen molar-refractivity contribution in [3.8, 4) is 0 Å². The lowest BCUT2D eigenvalue weighted by molar-refractivity contribution is 0.775. The third-order valence-corrected chi connectivity index (χ3v) is 25.5. The third kappa shape index (κ3) is 17.1. The molecule has 22 aromatic rings. The Bertz CT molecular complexity index is 8130. The molecule has 10 heterocycles. The van der Waals surface area contributed by atoms with Gasteiger partial charge in [-0.2, -0.15) is 0 Å². The molecule has 8 aromatic heterocycles. The minimum atomic E-state index is 0.825. The topological polar surface area (TPSA) is 207 Å². The Labute approximate surface area is 753 Å². The van der Waals surface area contributed by atoms with Crippen LogP contribution in [0.2, 0.25) is 0 Å². The lowest BCUT2D eigenvalue weighted by Crippen LogP contribution is -2.03. The Balaban J connectivity index is 0.000000102. The second kappa shape index (κ2) is 36.1. The van der Waals surface area contributed by atoms with Crippen LogP contribution in [0.5, 0.6) is 0 Å². The van der Waals surface area contributed by atoms with Crippen LogP contribution in [0, 0.1) is 41.5 Å². The molecular weight excluding hydrogens is 1600 g/mol. The van der Waals surface area contributed by atoms with Crippen molar-refractivity contribution in [1.82, 2.24) is 78.5 Å². The zero-order chi connectivity index (χ0) is 88.5. The van der Waals surface area contributed by atoms with E-state index >= 15 is 0 Å². The maximum absolute atomic E-state index is 4.96. The molecule has 130 heavy (non-hydrogen) atoms. The van der Waals surface area contributed by atoms with Crippen LogP contribution in [-0.4, -0.2) is 89.9 Å². The Morgan fingerprint density at radius 3 is 1.08 bits per heavy atom. The number of fused-ring (bicyclic) bond motifs is 18. The van der Waals surface area contributed by atoms with Gasteiger partial charge in [-0.05, 0) is 201 Å². The van der Waals surface area contributed by atoms with E-state index in [0.717, 1.165) is 206 Å². The highest BCUT2D eigenvalue weighted by Gasteiger charge is 2.22. The van der Waals surface area contributed by atoms with E-state index in [1.165, 1.54) is 116 Å². The predicted molar refractivity (Wildman–Crippen MR) is 532 cm³/mol. The molecule has 636 valence electrons. The van der Waals surface area contributed by atoms with Crippen LogP contribution in [-0.2, 0) is 85.4 Å². The summed E-state index contributed by atoms with van der Waals surface area (Å²) < 4.78 is 6.61. The summed E-state index contributed by atoms with van der Waals surface area (Å²) in [5.74, 6) is 3.23. The standard InChI is InChI=1S/2C24H22N4.C24H21N3.C22H18N4.C18H15N3/c1-15-8-9-16(2)23-22(15)25-14-18(26-23)11-13-21-27-24-19-7-5-4-6-17(19)10-12-20(24)28(21)3;1-15-8-9-16(2)23-22(15)25-14-18(26-23)11-13-21-27-20-12-10-17-6-4-5-7-19(17)24(20)28(21)3;1-15-7-8-16(2)23-22(15)25-14-20(27-23)12-11-19-13-18-10-9-17-5-3-4-6-21(17)24(18)26-19;1-26-20-12-10-15-6-2-3-7-17(15)22(20)25-21(26)13-11-16-14-23-18-8-4-5-9-19(18)24-16;1-2-6-16-13(5-1)11-14(20-16)9-10-15-12-19-17-7-3-4-8-18(17)21-15/h2*4-10,12,14H,11,13H2,1-3H3;3-10,14H,11-13H2,1-2H3;2-10,12,14H,11,13H2,1H3;1-8,12H,9-11H2. The van der Waals surface area contributed by atoms with Gasteiger partial charge in [0.25, 0.3) is 0 Å². The fourth-order valence-corrected chi connectivity index (χ4v) is 18.2. The van der Waals surface area contributed by atoms with E-state index in [2.05, 4.69) is 306 Å². The molecule has 0 amide bonds. The smallest absolute Gasteiger partial charge is 0.110 e. The van der Waals surface area contributed by atoms with Crippen LogP contribution in [0.4, 0.5) is 11.4 Å². The van der Waals surface area contributed by atoms with Crippen molar-refractivity contribution in [3.63, 3.8) is 0 Å². The molecule has 0 radical (unpaired) electrons. The molecule has 0 spiro atoms. The van der Waals surface area contributed by atoms with Gasteiger partial charge >= 0.3 is 0 Å². The first-order valence-electron chi connectivity index (χ1n) is 44.9. The van der Waals surface area contributed by atoms with Crippen molar-refractivity contribution in [3.05, 3.63) is 376 Å². The van der Waals surface area contributed by atoms with Crippen LogP contribution >= 0.6 is 0 Å². The first kappa shape index (κ1) is 82.8. The van der Waals surface area contributed by atoms with Gasteiger partial charge in [0.2, 0.25) is 0 Å². The van der Waals surface area contributed by atoms with Crippen LogP contribution in [0.3, 0.4) is 0 Å². The second-order valence-corrected chi connectivity index (χ2v) is 34.3. The summed E-state index contributed by atoms with van der Waals surface area (Å²) in [7, 11) is 6.29. The van der Waals surface area contributed by atoms with Gasteiger partial charge in [-0.3, -0.25) is 34.9 Å². The van der Waals surface area contributed by atoms with Gasteiger partial charge in [-0.15, -0.1) is 0 Å². The van der Waals surface area contributed by atoms with E-state index in [1.807, 2.05) is 85.6 Å². The van der Waals surface area contributed by atoms with E-state index in [1.54, 1.807) is 0 Å². The van der Waals surface area contributed by atoms with Crippen molar-refractivity contribution in [2.24, 2.45) is 31.1 Å². The maximum Gasteiger partial charge on any atom is 0.110 e. The molecule has 14 aromatic carbocycles. The number of aliphatic imine (C=N–C) groups is 2. The third-order valence-electron chi connectivity index (χ3n) is 25.5. The van der Waals surface area contributed by atoms with Gasteiger partial charge in [-0.1, -0.05) is 206 Å². The number of benzene rings is 14. The van der Waals surface area contributed by atoms with Gasteiger partial charge in [0, 0.05) is 117 Å². The Morgan fingerprint density at radius 2 is 0.592 bits per heavy atom. The van der Waals surface area contributed by atoms with Gasteiger partial charge < -0.3 is 13.7 Å². The number of imidazole rings is 3. The summed E-state index contributed by atoms with van der Waals surface area (Å²) >= 11 is 0. The minimum Gasteiger partial charge on any atom is -0.331 e. The molecule has 0 aliphatic carbocycles. The molecular formula is C112H98N18. The molecule has 2 aliphatic rings. The summed E-state index contributed by atoms with van der Waals surface area (Å²) in [6, 6.07) is 88.1. The Hall–Kier alpha value is -15.4. The predicted octanol–water partition coefficient (Wildman–Crippen LogP) is 24.2. The van der Waals surface area contributed by atoms with E-state index in [0.29, 0.717) is 0 Å². The Morgan fingerprint density at radius 1 is 0.238 bits per heavy atom. The SMILES string of the molecule is Cc1ccc(C)c2nc(CCC3=Nc4c(ccc5ccccc45)C3)cnc12.Cc1ccc(C)c2nc(CCc3nc4c5ccccc5ccc4n3C)cnc12.Cc1ccc(C)c2nc(CCc3nc4ccc5ccccc5c4n3C)cnc12.Cn1c(CCc2cnc3ccccc3n2)nc2c3ccccc3ccc21.c1ccc2c(c1)CC(CCc1cnc3ccccc3n1)=N2. The molecule has 2 aliphatic heterocycles. The minimum absolute atomic E-state index is 0.825. The quantitative estimate of drug-likeness (QED) is 0.0937. The van der Waals surface area contributed by atoms with Crippen LogP contribution in [0.1, 0.15) is 103 Å². The monoisotopic (exact) mass is 1690 g/mol. The molecule has 0 atom stereocenters. The molecule has 0 unspecified atom stereocenters. The highest BCUT2D eigenvalue weighted by atomic mass is 15.1. The molecule has 18 heteroatoms. The average molecular weight is 1700 g/mol. The first-order chi connectivity index (χ1) is 63.6. The molecule has 0 saturated heterocycles. The number of nitrogens with zero attached hydrogens (tertiary/aromatic N) is 18. The number of para-hydroxylation sites is 5. The van der Waals surface area contributed by atoms with Crippen molar-refractivity contribution >= 4 is 154 Å². The molecule has 0 N–H and O–H groups in total. The number of hydrogen-bond acceptors (Lipinski definition) is 15. The van der Waals surface area contributed by atoms with Crippen molar-refractivity contribution in [2.45, 2.75) is 119 Å². The van der Waals surface area contributed by atoms with Crippen LogP contribution in [0.15, 0.2) is 296 Å². The zero-order valence-corrected chi connectivity index (χ0v) is 74.7. The van der Waals surface area contributed by atoms with Gasteiger partial charge in [0.05, 0.1) is 128 Å². The van der Waals surface area contributed by atoms with Crippen LogP contribution < -0.4 is 0 Å². The normalized spacial score (nSPS) is 12.2. The molecule has 18 nitrogen and oxygen atoms in total. The van der Waals surface area contributed by atoms with Crippen molar-refractivity contribution in [2.75, 3.05) is 0 Å². The highest BCUT2D eigenvalue weighted by molar-refractivity contribution is 6.08. The lowest BCUT2D eigenvalue weighted by Gasteiger charge is -2.07. The van der Waals surface area contributed by atoms with Crippen molar-refractivity contribution < 1.29 is 0 Å². The molecule has 24 rings (SSSR count). The summed E-state index contributed by atoms with van der Waals surface area (Å²) in [6.45, 7) is 12.5. The molecule has 0 bridgehead atoms. The summed E-state index contributed by atoms with van der Waals surface area (Å²) in [4.78, 5) is 71.5. The summed E-state index contributed by atoms with van der Waals surface area (Å²) in [5, 5.41) is 9.87. The maximum atomic E-state index is 4.96. The number of aromatic nitrogens is 16. The fourth-order valence-electron chi connectivity index (χ4n) is 18.2. The van der Waals surface area contributed by atoms with Gasteiger partial charge in [0.1, 0.15) is 17.5 Å². The number of hydrogen-bond donors (Lipinski definition) is 0. The largest absolute Gasteiger partial charge is 0.331 e. The number of rotatable bonds is 15. The van der Waals surface area contributed by atoms with Crippen LogP contribution in [0.25, 0.3) is 131 Å². The average Bonchev–Trinajstić information content (AvgIpc) is 1.61. The van der Waals surface area contributed by atoms with E-state index in [4.69, 9.17) is 44.9 Å². The summed E-state index contributed by atoms with van der Waals surface area (Å²) in [5.41, 5.74) is 36.1. The van der Waals surface area contributed by atoms with Gasteiger partial charge in [-0.25, -0.2) is 39.9 Å². The van der Waals surface area contributed by atoms with Crippen molar-refractivity contribution in [1.29, 1.82) is 0 Å².